The summed E-state index contributed by atoms with van der Waals surface area (Å²) in [5.41, 5.74) is 3.02. The molecular formula is C14H16N2O. The van der Waals surface area contributed by atoms with Crippen LogP contribution in [0.2, 0.25) is 0 Å². The van der Waals surface area contributed by atoms with E-state index < -0.39 is 0 Å². The number of nitrogens with one attached hydrogen (secondary N) is 1. The van der Waals surface area contributed by atoms with Crippen LogP contribution in [0.1, 0.15) is 11.1 Å². The van der Waals surface area contributed by atoms with E-state index in [0.717, 1.165) is 16.8 Å². The van der Waals surface area contributed by atoms with E-state index >= 15 is 0 Å². The lowest BCUT2D eigenvalue weighted by molar-refractivity contribution is -0.115. The Kier molecular flexibility index (Phi) is 3.28. The number of rotatable bonds is 3. The minimum Gasteiger partial charge on any atom is -0.357 e. The molecule has 17 heavy (non-hydrogen) atoms. The van der Waals surface area contributed by atoms with Crippen molar-refractivity contribution in [3.8, 4) is 0 Å². The van der Waals surface area contributed by atoms with Gasteiger partial charge in [-0.3, -0.25) is 4.79 Å². The molecule has 2 aromatic rings. The molecule has 0 fully saturated rings. The van der Waals surface area contributed by atoms with E-state index in [4.69, 9.17) is 0 Å². The maximum absolute atomic E-state index is 11.8. The summed E-state index contributed by atoms with van der Waals surface area (Å²) in [6.45, 7) is 2.01. The lowest BCUT2D eigenvalue weighted by Gasteiger charge is -2.04. The summed E-state index contributed by atoms with van der Waals surface area (Å²) in [5, 5.41) is 2.89. The molecule has 1 heterocycles. The molecule has 0 unspecified atom stereocenters. The van der Waals surface area contributed by atoms with Crippen LogP contribution in [0.15, 0.2) is 42.7 Å². The van der Waals surface area contributed by atoms with E-state index in [9.17, 15) is 4.79 Å². The Morgan fingerprint density at radius 1 is 1.35 bits per heavy atom. The molecule has 0 saturated heterocycles. The molecule has 1 aromatic heterocycles. The van der Waals surface area contributed by atoms with Gasteiger partial charge in [-0.05, 0) is 36.2 Å². The molecular weight excluding hydrogens is 212 g/mol. The van der Waals surface area contributed by atoms with Crippen molar-refractivity contribution < 1.29 is 4.79 Å². The van der Waals surface area contributed by atoms with E-state index in [1.54, 1.807) is 0 Å². The summed E-state index contributed by atoms with van der Waals surface area (Å²) in [7, 11) is 1.95. The summed E-state index contributed by atoms with van der Waals surface area (Å²) in [4.78, 5) is 11.8. The third-order valence-corrected chi connectivity index (χ3v) is 2.56. The molecule has 0 aliphatic carbocycles. The van der Waals surface area contributed by atoms with Crippen molar-refractivity contribution in [2.24, 2.45) is 7.05 Å². The van der Waals surface area contributed by atoms with E-state index in [1.165, 1.54) is 0 Å². The molecule has 0 saturated carbocycles. The fourth-order valence-corrected chi connectivity index (χ4v) is 1.78. The Hall–Kier alpha value is -2.03. The quantitative estimate of drug-likeness (QED) is 0.860. The molecule has 3 heteroatoms. The van der Waals surface area contributed by atoms with Crippen LogP contribution in [0.25, 0.3) is 0 Å². The number of nitrogens with zero attached hydrogens (tertiary/aromatic N) is 1. The van der Waals surface area contributed by atoms with Crippen LogP contribution in [-0.2, 0) is 18.3 Å². The first-order chi connectivity index (χ1) is 8.13. The van der Waals surface area contributed by atoms with E-state index in [2.05, 4.69) is 5.32 Å². The predicted molar refractivity (Wildman–Crippen MR) is 68.9 cm³/mol. The Labute approximate surface area is 101 Å². The number of aryl methyl sites for hydroxylation is 2. The van der Waals surface area contributed by atoms with Gasteiger partial charge >= 0.3 is 0 Å². The van der Waals surface area contributed by atoms with Crippen LogP contribution in [0.3, 0.4) is 0 Å². The third kappa shape index (κ3) is 3.21. The maximum Gasteiger partial charge on any atom is 0.228 e. The highest BCUT2D eigenvalue weighted by atomic mass is 16.1. The van der Waals surface area contributed by atoms with Crippen LogP contribution in [0.5, 0.6) is 0 Å². The number of anilines is 1. The second-order valence-electron chi connectivity index (χ2n) is 4.28. The van der Waals surface area contributed by atoms with E-state index in [0.29, 0.717) is 6.42 Å². The molecule has 88 valence electrons. The highest BCUT2D eigenvalue weighted by Gasteiger charge is 2.04. The molecule has 3 nitrogen and oxygen atoms in total. The van der Waals surface area contributed by atoms with Gasteiger partial charge in [-0.2, -0.15) is 0 Å². The molecule has 0 radical (unpaired) electrons. The standard InChI is InChI=1S/C14H16N2O/c1-11-4-3-5-13(8-11)15-14(17)9-12-6-7-16(2)10-12/h3-8,10H,9H2,1-2H3,(H,15,17). The van der Waals surface area contributed by atoms with Crippen molar-refractivity contribution in [3.05, 3.63) is 53.9 Å². The number of amides is 1. The lowest BCUT2D eigenvalue weighted by atomic mass is 10.2. The van der Waals surface area contributed by atoms with Gasteiger partial charge in [0.2, 0.25) is 5.91 Å². The van der Waals surface area contributed by atoms with Gasteiger partial charge in [-0.1, -0.05) is 12.1 Å². The molecule has 0 aliphatic rings. The minimum absolute atomic E-state index is 0.0156. The van der Waals surface area contributed by atoms with Crippen molar-refractivity contribution in [2.75, 3.05) is 5.32 Å². The van der Waals surface area contributed by atoms with Crippen molar-refractivity contribution in [2.45, 2.75) is 13.3 Å². The van der Waals surface area contributed by atoms with Gasteiger partial charge in [0.25, 0.3) is 0 Å². The summed E-state index contributed by atoms with van der Waals surface area (Å²) >= 11 is 0. The van der Waals surface area contributed by atoms with Crippen molar-refractivity contribution >= 4 is 11.6 Å². The first kappa shape index (κ1) is 11.5. The number of hydrogen-bond acceptors (Lipinski definition) is 1. The van der Waals surface area contributed by atoms with Gasteiger partial charge in [0.1, 0.15) is 0 Å². The summed E-state index contributed by atoms with van der Waals surface area (Å²) in [5.74, 6) is 0.0156. The number of aromatic nitrogens is 1. The van der Waals surface area contributed by atoms with Gasteiger partial charge in [0.15, 0.2) is 0 Å². The molecule has 2 rings (SSSR count). The zero-order valence-electron chi connectivity index (χ0n) is 10.1. The van der Waals surface area contributed by atoms with Crippen molar-refractivity contribution in [1.29, 1.82) is 0 Å². The molecule has 1 amide bonds. The van der Waals surface area contributed by atoms with Crippen LogP contribution in [-0.4, -0.2) is 10.5 Å². The maximum atomic E-state index is 11.8. The third-order valence-electron chi connectivity index (χ3n) is 2.56. The van der Waals surface area contributed by atoms with E-state index in [1.807, 2.05) is 61.3 Å². The Morgan fingerprint density at radius 2 is 2.18 bits per heavy atom. The molecule has 1 aromatic carbocycles. The Balaban J connectivity index is 1.98. The average Bonchev–Trinajstić information content (AvgIpc) is 2.63. The Bertz CT molecular complexity index is 529. The smallest absolute Gasteiger partial charge is 0.228 e. The normalized spacial score (nSPS) is 10.2. The van der Waals surface area contributed by atoms with Gasteiger partial charge in [0, 0.05) is 25.1 Å². The van der Waals surface area contributed by atoms with Crippen LogP contribution in [0, 0.1) is 6.92 Å². The molecule has 0 bridgehead atoms. The molecule has 0 spiro atoms. The second kappa shape index (κ2) is 4.87. The summed E-state index contributed by atoms with van der Waals surface area (Å²) in [6.07, 6.45) is 4.31. The largest absolute Gasteiger partial charge is 0.357 e. The van der Waals surface area contributed by atoms with Crippen LogP contribution in [0.4, 0.5) is 5.69 Å². The van der Waals surface area contributed by atoms with Crippen molar-refractivity contribution in [1.82, 2.24) is 4.57 Å². The fraction of sp³-hybridized carbons (Fsp3) is 0.214. The number of carbonyl (C=O) groups excluding carboxylic acids is 1. The minimum atomic E-state index is 0.0156. The van der Waals surface area contributed by atoms with Crippen LogP contribution >= 0.6 is 0 Å². The molecule has 0 atom stereocenters. The molecule has 0 aliphatic heterocycles. The van der Waals surface area contributed by atoms with Gasteiger partial charge in [-0.25, -0.2) is 0 Å². The predicted octanol–water partition coefficient (Wildman–Crippen LogP) is 2.51. The highest BCUT2D eigenvalue weighted by molar-refractivity contribution is 5.92. The lowest BCUT2D eigenvalue weighted by Crippen LogP contribution is -2.14. The van der Waals surface area contributed by atoms with Gasteiger partial charge < -0.3 is 9.88 Å². The van der Waals surface area contributed by atoms with E-state index in [-0.39, 0.29) is 5.91 Å². The average molecular weight is 228 g/mol. The number of hydrogen-bond donors (Lipinski definition) is 1. The summed E-state index contributed by atoms with van der Waals surface area (Å²) in [6, 6.07) is 9.76. The highest BCUT2D eigenvalue weighted by Crippen LogP contribution is 2.10. The zero-order valence-corrected chi connectivity index (χ0v) is 10.1. The molecule has 1 N–H and O–H groups in total. The number of carbonyl (C=O) groups is 1. The summed E-state index contributed by atoms with van der Waals surface area (Å²) < 4.78 is 1.94. The fourth-order valence-electron chi connectivity index (χ4n) is 1.78. The SMILES string of the molecule is Cc1cccc(NC(=O)Cc2ccn(C)c2)c1. The Morgan fingerprint density at radius 3 is 2.82 bits per heavy atom. The van der Waals surface area contributed by atoms with Crippen molar-refractivity contribution in [3.63, 3.8) is 0 Å². The first-order valence-electron chi connectivity index (χ1n) is 5.61. The monoisotopic (exact) mass is 228 g/mol. The number of benzene rings is 1. The first-order valence-corrected chi connectivity index (χ1v) is 5.61. The van der Waals surface area contributed by atoms with Gasteiger partial charge in [-0.15, -0.1) is 0 Å². The van der Waals surface area contributed by atoms with Crippen LogP contribution < -0.4 is 5.32 Å². The zero-order chi connectivity index (χ0) is 12.3. The second-order valence-corrected chi connectivity index (χ2v) is 4.28. The topological polar surface area (TPSA) is 34.0 Å². The van der Waals surface area contributed by atoms with Gasteiger partial charge in [0.05, 0.1) is 6.42 Å².